The molecule has 0 aliphatic heterocycles. The van der Waals surface area contributed by atoms with Crippen LogP contribution in [0.4, 0.5) is 0 Å². The largest absolute Gasteiger partial charge is 0.0908 e. The summed E-state index contributed by atoms with van der Waals surface area (Å²) in [6, 6.07) is 0. The summed E-state index contributed by atoms with van der Waals surface area (Å²) in [5.74, 6) is 0.913. The summed E-state index contributed by atoms with van der Waals surface area (Å²) in [6.07, 6.45) is 13.6. The monoisotopic (exact) mass is 134 g/mol. The van der Waals surface area contributed by atoms with Gasteiger partial charge in [-0.2, -0.15) is 0 Å². The van der Waals surface area contributed by atoms with Crippen molar-refractivity contribution in [2.45, 2.75) is 26.2 Å². The molecule has 2 atom stereocenters. The van der Waals surface area contributed by atoms with E-state index in [-0.39, 0.29) is 0 Å². The highest BCUT2D eigenvalue weighted by Gasteiger charge is 2.37. The van der Waals surface area contributed by atoms with Gasteiger partial charge in [0.2, 0.25) is 0 Å². The van der Waals surface area contributed by atoms with E-state index in [0.29, 0.717) is 5.41 Å². The first kappa shape index (κ1) is 6.21. The normalized spacial score (nSPS) is 43.9. The van der Waals surface area contributed by atoms with Gasteiger partial charge in [-0.15, -0.1) is 0 Å². The summed E-state index contributed by atoms with van der Waals surface area (Å²) in [4.78, 5) is 0. The Morgan fingerprint density at radius 3 is 2.90 bits per heavy atom. The molecule has 0 heterocycles. The average Bonchev–Trinajstić information content (AvgIpc) is 2.46. The van der Waals surface area contributed by atoms with Crippen LogP contribution in [0.1, 0.15) is 26.2 Å². The molecule has 0 aromatic carbocycles. The van der Waals surface area contributed by atoms with Gasteiger partial charge in [0.05, 0.1) is 0 Å². The molecular weight excluding hydrogens is 120 g/mol. The van der Waals surface area contributed by atoms with Crippen molar-refractivity contribution in [3.63, 3.8) is 0 Å². The van der Waals surface area contributed by atoms with Crippen LogP contribution in [0, 0.1) is 11.3 Å². The second kappa shape index (κ2) is 1.98. The van der Waals surface area contributed by atoms with Crippen molar-refractivity contribution < 1.29 is 0 Å². The van der Waals surface area contributed by atoms with Gasteiger partial charge in [-0.25, -0.2) is 0 Å². The molecule has 0 spiro atoms. The van der Waals surface area contributed by atoms with Crippen LogP contribution in [-0.2, 0) is 0 Å². The fourth-order valence-electron chi connectivity index (χ4n) is 2.33. The molecule has 10 heavy (non-hydrogen) atoms. The Bertz CT molecular complexity index is 188. The molecule has 2 unspecified atom stereocenters. The summed E-state index contributed by atoms with van der Waals surface area (Å²) < 4.78 is 0. The molecule has 2 aliphatic rings. The molecule has 0 nitrogen and oxygen atoms in total. The van der Waals surface area contributed by atoms with Gasteiger partial charge < -0.3 is 0 Å². The Balaban J connectivity index is 2.24. The van der Waals surface area contributed by atoms with E-state index in [9.17, 15) is 0 Å². The van der Waals surface area contributed by atoms with Crippen molar-refractivity contribution in [2.24, 2.45) is 11.3 Å². The zero-order valence-electron chi connectivity index (χ0n) is 6.51. The molecule has 2 aliphatic carbocycles. The van der Waals surface area contributed by atoms with Crippen molar-refractivity contribution in [1.82, 2.24) is 0 Å². The predicted octanol–water partition coefficient (Wildman–Crippen LogP) is 2.92. The molecule has 0 saturated heterocycles. The van der Waals surface area contributed by atoms with Crippen molar-refractivity contribution in [2.75, 3.05) is 0 Å². The SMILES string of the molecule is CC=CC12C=CC(CC1)C2. The van der Waals surface area contributed by atoms with Crippen LogP contribution in [0.2, 0.25) is 0 Å². The standard InChI is InChI=1S/C10H14/c1-2-5-10-6-3-9(8-10)4-7-10/h2-3,5-6,9H,4,7-8H2,1H3. The highest BCUT2D eigenvalue weighted by atomic mass is 14.4. The van der Waals surface area contributed by atoms with Crippen molar-refractivity contribution in [3.05, 3.63) is 24.3 Å². The molecule has 2 bridgehead atoms. The maximum atomic E-state index is 2.40. The van der Waals surface area contributed by atoms with Crippen LogP contribution in [-0.4, -0.2) is 0 Å². The lowest BCUT2D eigenvalue weighted by molar-refractivity contribution is 0.523. The highest BCUT2D eigenvalue weighted by Crippen LogP contribution is 2.49. The summed E-state index contributed by atoms with van der Waals surface area (Å²) >= 11 is 0. The molecule has 0 amide bonds. The van der Waals surface area contributed by atoms with E-state index in [4.69, 9.17) is 0 Å². The number of fused-ring (bicyclic) bond motifs is 2. The first-order chi connectivity index (χ1) is 4.85. The summed E-state index contributed by atoms with van der Waals surface area (Å²) in [5.41, 5.74) is 0.499. The molecule has 0 heteroatoms. The smallest absolute Gasteiger partial charge is 0.00667 e. The molecule has 0 radical (unpaired) electrons. The van der Waals surface area contributed by atoms with E-state index in [1.54, 1.807) is 0 Å². The molecule has 0 aromatic heterocycles. The van der Waals surface area contributed by atoms with Crippen LogP contribution in [0.15, 0.2) is 24.3 Å². The van der Waals surface area contributed by atoms with Crippen LogP contribution < -0.4 is 0 Å². The van der Waals surface area contributed by atoms with Crippen LogP contribution in [0.25, 0.3) is 0 Å². The van der Waals surface area contributed by atoms with Gasteiger partial charge in [0.25, 0.3) is 0 Å². The van der Waals surface area contributed by atoms with Gasteiger partial charge in [0.15, 0.2) is 0 Å². The average molecular weight is 134 g/mol. The topological polar surface area (TPSA) is 0 Å². The first-order valence-electron chi connectivity index (χ1n) is 4.18. The maximum absolute atomic E-state index is 2.40. The van der Waals surface area contributed by atoms with Crippen LogP contribution in [0.3, 0.4) is 0 Å². The third kappa shape index (κ3) is 0.749. The fraction of sp³-hybridized carbons (Fsp3) is 0.600. The first-order valence-corrected chi connectivity index (χ1v) is 4.18. The zero-order valence-corrected chi connectivity index (χ0v) is 6.51. The van der Waals surface area contributed by atoms with Crippen molar-refractivity contribution in [3.8, 4) is 0 Å². The zero-order chi connectivity index (χ0) is 7.03. The van der Waals surface area contributed by atoms with Gasteiger partial charge in [-0.1, -0.05) is 24.3 Å². The maximum Gasteiger partial charge on any atom is 0.00667 e. The summed E-state index contributed by atoms with van der Waals surface area (Å²) in [7, 11) is 0. The molecule has 0 aromatic rings. The quantitative estimate of drug-likeness (QED) is 0.484. The second-order valence-corrected chi connectivity index (χ2v) is 3.60. The van der Waals surface area contributed by atoms with E-state index >= 15 is 0 Å². The molecule has 1 saturated carbocycles. The molecule has 2 rings (SSSR count). The van der Waals surface area contributed by atoms with Crippen LogP contribution in [0.5, 0.6) is 0 Å². The minimum Gasteiger partial charge on any atom is -0.0908 e. The number of hydrogen-bond acceptors (Lipinski definition) is 0. The number of hydrogen-bond donors (Lipinski definition) is 0. The molecule has 0 N–H and O–H groups in total. The van der Waals surface area contributed by atoms with Gasteiger partial charge in [0.1, 0.15) is 0 Å². The van der Waals surface area contributed by atoms with E-state index in [1.807, 2.05) is 0 Å². The van der Waals surface area contributed by atoms with Gasteiger partial charge in [-0.05, 0) is 32.1 Å². The van der Waals surface area contributed by atoms with Crippen LogP contribution >= 0.6 is 0 Å². The van der Waals surface area contributed by atoms with Crippen molar-refractivity contribution in [1.29, 1.82) is 0 Å². The number of rotatable bonds is 1. The number of allylic oxidation sites excluding steroid dienone is 4. The Labute approximate surface area is 62.6 Å². The molecule has 54 valence electrons. The van der Waals surface area contributed by atoms with E-state index < -0.39 is 0 Å². The Hall–Kier alpha value is -0.520. The fourth-order valence-corrected chi connectivity index (χ4v) is 2.33. The van der Waals surface area contributed by atoms with Gasteiger partial charge >= 0.3 is 0 Å². The summed E-state index contributed by atoms with van der Waals surface area (Å²) in [5, 5.41) is 0. The van der Waals surface area contributed by atoms with E-state index in [0.717, 1.165) is 5.92 Å². The molecular formula is C10H14. The van der Waals surface area contributed by atoms with E-state index in [2.05, 4.69) is 31.2 Å². The lowest BCUT2D eigenvalue weighted by Gasteiger charge is -2.17. The minimum absolute atomic E-state index is 0.499. The Morgan fingerprint density at radius 2 is 2.50 bits per heavy atom. The lowest BCUT2D eigenvalue weighted by Crippen LogP contribution is -2.05. The van der Waals surface area contributed by atoms with Gasteiger partial charge in [0, 0.05) is 5.41 Å². The van der Waals surface area contributed by atoms with Gasteiger partial charge in [-0.3, -0.25) is 0 Å². The lowest BCUT2D eigenvalue weighted by atomic mass is 9.88. The minimum atomic E-state index is 0.499. The molecule has 1 fully saturated rings. The Morgan fingerprint density at radius 1 is 1.60 bits per heavy atom. The van der Waals surface area contributed by atoms with E-state index in [1.165, 1.54) is 19.3 Å². The summed E-state index contributed by atoms with van der Waals surface area (Å²) in [6.45, 7) is 2.12. The third-order valence-electron chi connectivity index (χ3n) is 2.82. The predicted molar refractivity (Wildman–Crippen MR) is 43.7 cm³/mol. The third-order valence-corrected chi connectivity index (χ3v) is 2.82. The second-order valence-electron chi connectivity index (χ2n) is 3.60. The van der Waals surface area contributed by atoms with Crippen molar-refractivity contribution >= 4 is 0 Å². The highest BCUT2D eigenvalue weighted by molar-refractivity contribution is 5.22. The Kier molecular flexibility index (Phi) is 1.23.